The molecular formula is C12H13F2NO3. The van der Waals surface area contributed by atoms with E-state index in [0.717, 1.165) is 12.1 Å². The molecule has 1 aliphatic rings. The summed E-state index contributed by atoms with van der Waals surface area (Å²) in [5, 5.41) is 0. The van der Waals surface area contributed by atoms with Crippen molar-refractivity contribution in [3.05, 3.63) is 29.3 Å². The van der Waals surface area contributed by atoms with Gasteiger partial charge >= 0.3 is 0 Å². The van der Waals surface area contributed by atoms with Crippen LogP contribution in [-0.2, 0) is 4.74 Å². The summed E-state index contributed by atoms with van der Waals surface area (Å²) < 4.78 is 36.8. The molecule has 2 rings (SSSR count). The summed E-state index contributed by atoms with van der Waals surface area (Å²) in [6.07, 6.45) is 0. The number of benzene rings is 1. The second-order valence-corrected chi connectivity index (χ2v) is 4.27. The summed E-state index contributed by atoms with van der Waals surface area (Å²) in [4.78, 5) is 12.1. The fraction of sp³-hybridized carbons (Fsp3) is 0.417. The summed E-state index contributed by atoms with van der Waals surface area (Å²) in [7, 11) is 1.22. The molecule has 0 amide bonds. The Morgan fingerprint density at radius 3 is 2.56 bits per heavy atom. The molecule has 1 aliphatic heterocycles. The molecule has 0 bridgehead atoms. The van der Waals surface area contributed by atoms with Gasteiger partial charge in [-0.3, -0.25) is 4.79 Å². The second-order valence-electron chi connectivity index (χ2n) is 4.27. The Hall–Kier alpha value is -1.53. The number of ketones is 1. The number of hydrogen-bond acceptors (Lipinski definition) is 4. The molecule has 0 aromatic heterocycles. The van der Waals surface area contributed by atoms with Crippen LogP contribution in [0.5, 0.6) is 5.75 Å². The molecule has 1 aromatic rings. The first-order valence-electron chi connectivity index (χ1n) is 5.40. The van der Waals surface area contributed by atoms with E-state index in [0.29, 0.717) is 0 Å². The number of Topliss-reactive ketones (excluding diaryl/α,β-unsaturated/α-hetero) is 1. The molecule has 0 radical (unpaired) electrons. The van der Waals surface area contributed by atoms with Gasteiger partial charge in [-0.05, 0) is 6.07 Å². The van der Waals surface area contributed by atoms with Crippen molar-refractivity contribution in [2.75, 3.05) is 26.9 Å². The van der Waals surface area contributed by atoms with Gasteiger partial charge in [-0.2, -0.15) is 0 Å². The number of methoxy groups -OCH3 is 1. The van der Waals surface area contributed by atoms with Gasteiger partial charge in [0.25, 0.3) is 0 Å². The molecule has 2 N–H and O–H groups in total. The molecule has 98 valence electrons. The average molecular weight is 257 g/mol. The van der Waals surface area contributed by atoms with Gasteiger partial charge in [0.15, 0.2) is 17.3 Å². The third-order valence-electron chi connectivity index (χ3n) is 3.12. The molecule has 4 nitrogen and oxygen atoms in total. The Bertz CT molecular complexity index is 481. The van der Waals surface area contributed by atoms with Crippen molar-refractivity contribution in [1.29, 1.82) is 0 Å². The van der Waals surface area contributed by atoms with Crippen LogP contribution in [0.4, 0.5) is 8.78 Å². The predicted molar refractivity (Wildman–Crippen MR) is 59.5 cm³/mol. The highest BCUT2D eigenvalue weighted by Gasteiger charge is 2.45. The fourth-order valence-electron chi connectivity index (χ4n) is 1.83. The van der Waals surface area contributed by atoms with E-state index in [1.807, 2.05) is 0 Å². The van der Waals surface area contributed by atoms with Crippen LogP contribution >= 0.6 is 0 Å². The maximum Gasteiger partial charge on any atom is 0.177 e. The van der Waals surface area contributed by atoms with Crippen molar-refractivity contribution >= 4 is 5.78 Å². The van der Waals surface area contributed by atoms with Gasteiger partial charge in [-0.1, -0.05) is 0 Å². The molecule has 0 aliphatic carbocycles. The minimum atomic E-state index is -0.929. The van der Waals surface area contributed by atoms with Crippen molar-refractivity contribution in [1.82, 2.24) is 0 Å². The van der Waals surface area contributed by atoms with Crippen molar-refractivity contribution in [2.24, 2.45) is 11.1 Å². The SMILES string of the molecule is COc1cc(F)c(C(=O)C2(CN)COC2)cc1F. The molecule has 0 spiro atoms. The molecule has 18 heavy (non-hydrogen) atoms. The summed E-state index contributed by atoms with van der Waals surface area (Å²) in [5.41, 5.74) is 4.26. The highest BCUT2D eigenvalue weighted by Crippen LogP contribution is 2.33. The topological polar surface area (TPSA) is 61.5 Å². The van der Waals surface area contributed by atoms with Gasteiger partial charge in [0.2, 0.25) is 0 Å². The Kier molecular flexibility index (Phi) is 3.32. The van der Waals surface area contributed by atoms with Crippen LogP contribution in [0.3, 0.4) is 0 Å². The maximum absolute atomic E-state index is 13.7. The van der Waals surface area contributed by atoms with Gasteiger partial charge in [-0.25, -0.2) is 8.78 Å². The Morgan fingerprint density at radius 2 is 2.11 bits per heavy atom. The average Bonchev–Trinajstić information content (AvgIpc) is 2.30. The zero-order valence-electron chi connectivity index (χ0n) is 9.83. The monoisotopic (exact) mass is 257 g/mol. The van der Waals surface area contributed by atoms with Crippen molar-refractivity contribution in [2.45, 2.75) is 0 Å². The molecule has 1 aromatic carbocycles. The van der Waals surface area contributed by atoms with Gasteiger partial charge in [0.05, 0.1) is 31.3 Å². The summed E-state index contributed by atoms with van der Waals surface area (Å²) in [6.45, 7) is 0.309. The molecule has 0 unspecified atom stereocenters. The number of rotatable bonds is 4. The molecule has 1 heterocycles. The van der Waals surface area contributed by atoms with Crippen LogP contribution in [0.2, 0.25) is 0 Å². The van der Waals surface area contributed by atoms with E-state index in [1.54, 1.807) is 0 Å². The van der Waals surface area contributed by atoms with E-state index < -0.39 is 22.8 Å². The molecule has 6 heteroatoms. The molecule has 1 fully saturated rings. The van der Waals surface area contributed by atoms with Crippen LogP contribution in [-0.4, -0.2) is 32.7 Å². The highest BCUT2D eigenvalue weighted by molar-refractivity contribution is 6.01. The lowest BCUT2D eigenvalue weighted by Crippen LogP contribution is -2.54. The van der Waals surface area contributed by atoms with E-state index in [9.17, 15) is 13.6 Å². The highest BCUT2D eigenvalue weighted by atomic mass is 19.1. The zero-order valence-corrected chi connectivity index (χ0v) is 9.83. The lowest BCUT2D eigenvalue weighted by Gasteiger charge is -2.38. The van der Waals surface area contributed by atoms with E-state index in [2.05, 4.69) is 4.74 Å². The van der Waals surface area contributed by atoms with Crippen molar-refractivity contribution < 1.29 is 23.0 Å². The van der Waals surface area contributed by atoms with Crippen LogP contribution in [0.25, 0.3) is 0 Å². The molecule has 0 saturated carbocycles. The number of halogens is 2. The number of ether oxygens (including phenoxy) is 2. The summed E-state index contributed by atoms with van der Waals surface area (Å²) in [6, 6.07) is 1.69. The summed E-state index contributed by atoms with van der Waals surface area (Å²) in [5.74, 6) is -2.38. The summed E-state index contributed by atoms with van der Waals surface area (Å²) >= 11 is 0. The minimum absolute atomic E-state index is 0.0406. The molecule has 1 saturated heterocycles. The lowest BCUT2D eigenvalue weighted by molar-refractivity contribution is -0.0817. The quantitative estimate of drug-likeness (QED) is 0.821. The first-order valence-corrected chi connectivity index (χ1v) is 5.40. The predicted octanol–water partition coefficient (Wildman–Crippen LogP) is 1.13. The number of nitrogens with two attached hydrogens (primary N) is 1. The van der Waals surface area contributed by atoms with Crippen molar-refractivity contribution in [3.8, 4) is 5.75 Å². The molecule has 0 atom stereocenters. The first-order chi connectivity index (χ1) is 8.54. The Labute approximate surface area is 103 Å². The number of hydrogen-bond donors (Lipinski definition) is 1. The smallest absolute Gasteiger partial charge is 0.177 e. The van der Waals surface area contributed by atoms with E-state index in [-0.39, 0.29) is 31.1 Å². The van der Waals surface area contributed by atoms with Gasteiger partial charge in [0, 0.05) is 12.6 Å². The largest absolute Gasteiger partial charge is 0.494 e. The Balaban J connectivity index is 2.39. The minimum Gasteiger partial charge on any atom is -0.494 e. The second kappa shape index (κ2) is 4.62. The maximum atomic E-state index is 13.7. The standard InChI is InChI=1S/C12H13F2NO3/c1-17-10-3-8(13)7(2-9(10)14)11(16)12(4-15)5-18-6-12/h2-3H,4-6,15H2,1H3. The van der Waals surface area contributed by atoms with E-state index in [4.69, 9.17) is 10.5 Å². The van der Waals surface area contributed by atoms with Gasteiger partial charge < -0.3 is 15.2 Å². The number of carbonyl (C=O) groups is 1. The van der Waals surface area contributed by atoms with Gasteiger partial charge in [0.1, 0.15) is 5.82 Å². The lowest BCUT2D eigenvalue weighted by atomic mass is 9.78. The van der Waals surface area contributed by atoms with Gasteiger partial charge in [-0.15, -0.1) is 0 Å². The van der Waals surface area contributed by atoms with E-state index >= 15 is 0 Å². The van der Waals surface area contributed by atoms with Crippen LogP contribution < -0.4 is 10.5 Å². The van der Waals surface area contributed by atoms with Crippen LogP contribution in [0.1, 0.15) is 10.4 Å². The first kappa shape index (κ1) is 12.9. The Morgan fingerprint density at radius 1 is 1.44 bits per heavy atom. The molecular weight excluding hydrogens is 244 g/mol. The third-order valence-corrected chi connectivity index (χ3v) is 3.12. The van der Waals surface area contributed by atoms with Crippen LogP contribution in [0, 0.1) is 17.0 Å². The van der Waals surface area contributed by atoms with E-state index in [1.165, 1.54) is 7.11 Å². The number of carbonyl (C=O) groups excluding carboxylic acids is 1. The zero-order chi connectivity index (χ0) is 13.3. The fourth-order valence-corrected chi connectivity index (χ4v) is 1.83. The van der Waals surface area contributed by atoms with Crippen molar-refractivity contribution in [3.63, 3.8) is 0 Å². The van der Waals surface area contributed by atoms with Crippen LogP contribution in [0.15, 0.2) is 12.1 Å². The third kappa shape index (κ3) is 1.87. The normalized spacial score (nSPS) is 17.1.